The summed E-state index contributed by atoms with van der Waals surface area (Å²) >= 11 is 6.14. The molecule has 1 aliphatic rings. The van der Waals surface area contributed by atoms with Gasteiger partial charge in [0.05, 0.1) is 13.2 Å². The predicted molar refractivity (Wildman–Crippen MR) is 82.7 cm³/mol. The quantitative estimate of drug-likeness (QED) is 0.619. The van der Waals surface area contributed by atoms with E-state index in [1.54, 1.807) is 0 Å². The molecule has 21 heavy (non-hydrogen) atoms. The number of rotatable bonds is 7. The fourth-order valence-corrected chi connectivity index (χ4v) is 2.84. The number of fused-ring (bicyclic) bond motifs is 1. The van der Waals surface area contributed by atoms with Gasteiger partial charge in [0.15, 0.2) is 0 Å². The Hall–Kier alpha value is -1.26. The molecule has 1 atom stereocenters. The van der Waals surface area contributed by atoms with Gasteiger partial charge in [0.1, 0.15) is 5.75 Å². The molecule has 2 rings (SSSR count). The van der Waals surface area contributed by atoms with Gasteiger partial charge >= 0.3 is 5.97 Å². The monoisotopic (exact) mass is 311 g/mol. The average molecular weight is 312 g/mol. The van der Waals surface area contributed by atoms with Crippen molar-refractivity contribution in [3.05, 3.63) is 28.3 Å². The molecule has 1 aliphatic heterocycles. The molecule has 5 heteroatoms. The molecule has 0 saturated heterocycles. The number of esters is 1. The van der Waals surface area contributed by atoms with E-state index in [0.717, 1.165) is 42.6 Å². The Morgan fingerprint density at radius 3 is 3.05 bits per heavy atom. The fourth-order valence-electron chi connectivity index (χ4n) is 2.60. The summed E-state index contributed by atoms with van der Waals surface area (Å²) < 4.78 is 10.6. The third kappa shape index (κ3) is 4.35. The van der Waals surface area contributed by atoms with Crippen LogP contribution in [0.3, 0.4) is 0 Å². The first kappa shape index (κ1) is 16.1. The second-order valence-electron chi connectivity index (χ2n) is 5.24. The van der Waals surface area contributed by atoms with Crippen molar-refractivity contribution in [2.45, 2.75) is 45.1 Å². The van der Waals surface area contributed by atoms with Gasteiger partial charge in [-0.1, -0.05) is 18.0 Å². The molecule has 0 amide bonds. The Labute approximate surface area is 130 Å². The summed E-state index contributed by atoms with van der Waals surface area (Å²) in [4.78, 5) is 11.3. The first-order valence-electron chi connectivity index (χ1n) is 7.48. The highest BCUT2D eigenvalue weighted by atomic mass is 35.5. The van der Waals surface area contributed by atoms with Crippen LogP contribution in [0.2, 0.25) is 5.02 Å². The minimum absolute atomic E-state index is 0.113. The number of carbonyl (C=O) groups is 1. The van der Waals surface area contributed by atoms with Crippen LogP contribution in [0.25, 0.3) is 0 Å². The van der Waals surface area contributed by atoms with E-state index in [4.69, 9.17) is 26.8 Å². The van der Waals surface area contributed by atoms with Crippen molar-refractivity contribution in [3.8, 4) is 5.75 Å². The molecule has 0 spiro atoms. The van der Waals surface area contributed by atoms with Crippen molar-refractivity contribution in [1.82, 2.24) is 0 Å². The van der Waals surface area contributed by atoms with Gasteiger partial charge in [-0.3, -0.25) is 4.79 Å². The Bertz CT molecular complexity index is 505. The number of carbonyl (C=O) groups excluding carboxylic acids is 1. The van der Waals surface area contributed by atoms with E-state index in [9.17, 15) is 4.79 Å². The summed E-state index contributed by atoms with van der Waals surface area (Å²) in [6.07, 6.45) is 3.80. The number of halogens is 1. The third-order valence-corrected chi connectivity index (χ3v) is 3.85. The van der Waals surface area contributed by atoms with Gasteiger partial charge in [0, 0.05) is 29.5 Å². The molecule has 0 aromatic heterocycles. The molecule has 4 nitrogen and oxygen atoms in total. The van der Waals surface area contributed by atoms with Crippen molar-refractivity contribution in [1.29, 1.82) is 0 Å². The molecular formula is C16H22ClNO3. The minimum atomic E-state index is -0.141. The van der Waals surface area contributed by atoms with Gasteiger partial charge in [-0.2, -0.15) is 0 Å². The molecule has 2 N–H and O–H groups in total. The second-order valence-corrected chi connectivity index (χ2v) is 5.68. The Morgan fingerprint density at radius 1 is 1.48 bits per heavy atom. The zero-order chi connectivity index (χ0) is 15.2. The van der Waals surface area contributed by atoms with Gasteiger partial charge in [0.2, 0.25) is 0 Å². The summed E-state index contributed by atoms with van der Waals surface area (Å²) in [6.45, 7) is 2.94. The molecule has 1 heterocycles. The van der Waals surface area contributed by atoms with E-state index in [-0.39, 0.29) is 12.0 Å². The van der Waals surface area contributed by atoms with Gasteiger partial charge in [0.25, 0.3) is 0 Å². The molecule has 1 aromatic carbocycles. The van der Waals surface area contributed by atoms with E-state index in [1.165, 1.54) is 0 Å². The lowest BCUT2D eigenvalue weighted by Gasteiger charge is -2.16. The van der Waals surface area contributed by atoms with E-state index in [1.807, 2.05) is 19.1 Å². The van der Waals surface area contributed by atoms with Crippen LogP contribution in [-0.2, 0) is 16.0 Å². The molecule has 0 aliphatic carbocycles. The SMILES string of the molecule is CCOC(=O)CCCCC(N)c1cc(Cl)cc2c1OCC2. The highest BCUT2D eigenvalue weighted by Crippen LogP contribution is 2.37. The molecule has 0 radical (unpaired) electrons. The van der Waals surface area contributed by atoms with Gasteiger partial charge in [-0.25, -0.2) is 0 Å². The fraction of sp³-hybridized carbons (Fsp3) is 0.562. The number of benzene rings is 1. The van der Waals surface area contributed by atoms with E-state index >= 15 is 0 Å². The van der Waals surface area contributed by atoms with E-state index in [2.05, 4.69) is 0 Å². The minimum Gasteiger partial charge on any atom is -0.493 e. The van der Waals surface area contributed by atoms with Crippen molar-refractivity contribution >= 4 is 17.6 Å². The van der Waals surface area contributed by atoms with Crippen LogP contribution in [0.5, 0.6) is 5.75 Å². The third-order valence-electron chi connectivity index (χ3n) is 3.63. The number of unbranched alkanes of at least 4 members (excludes halogenated alkanes) is 1. The highest BCUT2D eigenvalue weighted by Gasteiger charge is 2.21. The van der Waals surface area contributed by atoms with Gasteiger partial charge in [-0.05, 0) is 37.5 Å². The summed E-state index contributed by atoms with van der Waals surface area (Å²) in [5, 5.41) is 0.705. The van der Waals surface area contributed by atoms with Crippen LogP contribution in [0.4, 0.5) is 0 Å². The molecule has 0 fully saturated rings. The highest BCUT2D eigenvalue weighted by molar-refractivity contribution is 6.30. The number of nitrogens with two attached hydrogens (primary N) is 1. The maximum Gasteiger partial charge on any atom is 0.305 e. The summed E-state index contributed by atoms with van der Waals surface area (Å²) in [5.41, 5.74) is 8.37. The zero-order valence-electron chi connectivity index (χ0n) is 12.4. The first-order valence-corrected chi connectivity index (χ1v) is 7.86. The summed E-state index contributed by atoms with van der Waals surface area (Å²) in [7, 11) is 0. The lowest BCUT2D eigenvalue weighted by molar-refractivity contribution is -0.143. The molecule has 0 bridgehead atoms. The van der Waals surface area contributed by atoms with Crippen LogP contribution < -0.4 is 10.5 Å². The van der Waals surface area contributed by atoms with E-state index < -0.39 is 0 Å². The first-order chi connectivity index (χ1) is 10.1. The van der Waals surface area contributed by atoms with Crippen LogP contribution in [0.15, 0.2) is 12.1 Å². The molecule has 0 saturated carbocycles. The van der Waals surface area contributed by atoms with Crippen molar-refractivity contribution in [3.63, 3.8) is 0 Å². The number of hydrogen-bond donors (Lipinski definition) is 1. The standard InChI is InChI=1S/C16H22ClNO3/c1-2-20-15(19)6-4-3-5-14(18)13-10-12(17)9-11-7-8-21-16(11)13/h9-10,14H,2-8,18H2,1H3. The van der Waals surface area contributed by atoms with Crippen LogP contribution in [0, 0.1) is 0 Å². The molecule has 116 valence electrons. The van der Waals surface area contributed by atoms with Gasteiger partial charge in [-0.15, -0.1) is 0 Å². The smallest absolute Gasteiger partial charge is 0.305 e. The van der Waals surface area contributed by atoms with Crippen LogP contribution in [-0.4, -0.2) is 19.2 Å². The predicted octanol–water partition coefficient (Wildman–Crippen LogP) is 3.40. The van der Waals surface area contributed by atoms with Gasteiger partial charge < -0.3 is 15.2 Å². The Kier molecular flexibility index (Phi) is 5.88. The summed E-state index contributed by atoms with van der Waals surface area (Å²) in [5.74, 6) is 0.760. The zero-order valence-corrected chi connectivity index (χ0v) is 13.1. The summed E-state index contributed by atoms with van der Waals surface area (Å²) in [6, 6.07) is 3.72. The normalized spacial score (nSPS) is 14.4. The van der Waals surface area contributed by atoms with Crippen molar-refractivity contribution in [2.75, 3.05) is 13.2 Å². The van der Waals surface area contributed by atoms with E-state index in [0.29, 0.717) is 24.7 Å². The van der Waals surface area contributed by atoms with Crippen molar-refractivity contribution < 1.29 is 14.3 Å². The average Bonchev–Trinajstić information content (AvgIpc) is 2.90. The van der Waals surface area contributed by atoms with Crippen LogP contribution >= 0.6 is 11.6 Å². The second kappa shape index (κ2) is 7.66. The molecule has 1 aromatic rings. The Morgan fingerprint density at radius 2 is 2.29 bits per heavy atom. The topological polar surface area (TPSA) is 61.5 Å². The molecule has 1 unspecified atom stereocenters. The lowest BCUT2D eigenvalue weighted by atomic mass is 9.98. The van der Waals surface area contributed by atoms with Crippen molar-refractivity contribution in [2.24, 2.45) is 5.73 Å². The molecular weight excluding hydrogens is 290 g/mol. The number of ether oxygens (including phenoxy) is 2. The number of hydrogen-bond acceptors (Lipinski definition) is 4. The lowest BCUT2D eigenvalue weighted by Crippen LogP contribution is -2.12. The largest absolute Gasteiger partial charge is 0.493 e. The van der Waals surface area contributed by atoms with Crippen LogP contribution in [0.1, 0.15) is 49.8 Å². The maximum absolute atomic E-state index is 11.3. The maximum atomic E-state index is 11.3. The Balaban J connectivity index is 1.87.